The Kier molecular flexibility index (Phi) is 13.8. The zero-order valence-corrected chi connectivity index (χ0v) is 29.2. The number of amides is 2. The van der Waals surface area contributed by atoms with E-state index >= 15 is 0 Å². The van der Waals surface area contributed by atoms with Gasteiger partial charge in [0.05, 0.1) is 11.3 Å². The largest absolute Gasteiger partial charge is 0.481 e. The minimum atomic E-state index is -4.22. The van der Waals surface area contributed by atoms with Gasteiger partial charge in [0, 0.05) is 19.0 Å². The fourth-order valence-corrected chi connectivity index (χ4v) is 6.89. The van der Waals surface area contributed by atoms with Crippen molar-refractivity contribution < 1.29 is 36.3 Å². The number of carbonyl (C=O) groups is 3. The van der Waals surface area contributed by atoms with Crippen LogP contribution in [0.4, 0.5) is 0 Å². The fourth-order valence-electron chi connectivity index (χ4n) is 5.19. The molecule has 49 heavy (non-hydrogen) atoms. The molecule has 3 aromatic carbocycles. The van der Waals surface area contributed by atoms with Gasteiger partial charge in [-0.15, -0.1) is 6.58 Å². The Labute approximate surface area is 288 Å². The molecule has 0 radical (unpaired) electrons. The van der Waals surface area contributed by atoms with Crippen LogP contribution in [0.15, 0.2) is 96.4 Å². The van der Waals surface area contributed by atoms with Crippen molar-refractivity contribution in [2.24, 2.45) is 11.1 Å². The number of aryl methyl sites for hydroxylation is 1. The summed E-state index contributed by atoms with van der Waals surface area (Å²) in [7, 11) is -8.09. The lowest BCUT2D eigenvalue weighted by atomic mass is 9.93. The van der Waals surface area contributed by atoms with E-state index in [4.69, 9.17) is 5.14 Å². The number of carboxylic acid groups (broad SMARTS) is 1. The molecular weight excluding hydrogens is 669 g/mol. The Morgan fingerprint density at radius 2 is 1.43 bits per heavy atom. The lowest BCUT2D eigenvalue weighted by Crippen LogP contribution is -2.63. The van der Waals surface area contributed by atoms with E-state index in [1.807, 2.05) is 54.6 Å². The number of sulfonamides is 2. The highest BCUT2D eigenvalue weighted by Gasteiger charge is 2.47. The Morgan fingerprint density at radius 1 is 0.857 bits per heavy atom. The van der Waals surface area contributed by atoms with E-state index in [0.29, 0.717) is 18.4 Å². The van der Waals surface area contributed by atoms with Gasteiger partial charge in [0.2, 0.25) is 31.9 Å². The van der Waals surface area contributed by atoms with Gasteiger partial charge >= 0.3 is 5.97 Å². The van der Waals surface area contributed by atoms with E-state index in [0.717, 1.165) is 16.7 Å². The van der Waals surface area contributed by atoms with E-state index in [-0.39, 0.29) is 30.8 Å². The number of hydrogen-bond donors (Lipinski definition) is 5. The minimum Gasteiger partial charge on any atom is -0.481 e. The summed E-state index contributed by atoms with van der Waals surface area (Å²) in [5.74, 6) is -3.79. The molecule has 0 bridgehead atoms. The van der Waals surface area contributed by atoms with Gasteiger partial charge in [0.25, 0.3) is 0 Å². The maximum absolute atomic E-state index is 13.6. The standard InChI is InChI=1S/C35H44N4O8S2/c1-4-22-38-49(46,47)35(2,3)32(34(43)37-23-21-26-15-19-30(20-16-26)48(36,44)45)39-33(42)29(24-31(40)41)12-8-9-25-13-17-28(18-14-25)27-10-6-5-7-11-27/h4-7,10-11,13-20,29,32,38H,1,8-9,12,21-24H2,2-3H3,(H,37,43)(H,39,42)(H,40,41)(H2,36,44,45). The van der Waals surface area contributed by atoms with Crippen LogP contribution in [0.25, 0.3) is 11.1 Å². The number of carbonyl (C=O) groups excluding carboxylic acids is 2. The van der Waals surface area contributed by atoms with Crippen LogP contribution in [-0.4, -0.2) is 63.6 Å². The summed E-state index contributed by atoms with van der Waals surface area (Å²) in [6.45, 7) is 6.00. The third-order valence-electron chi connectivity index (χ3n) is 8.19. The molecule has 0 aliphatic heterocycles. The van der Waals surface area contributed by atoms with Crippen molar-refractivity contribution in [2.45, 2.75) is 61.6 Å². The Morgan fingerprint density at radius 3 is 2.00 bits per heavy atom. The third-order valence-corrected chi connectivity index (χ3v) is 11.3. The van der Waals surface area contributed by atoms with Crippen LogP contribution < -0.4 is 20.5 Å². The molecule has 2 unspecified atom stereocenters. The molecule has 264 valence electrons. The van der Waals surface area contributed by atoms with Gasteiger partial charge < -0.3 is 15.7 Å². The van der Waals surface area contributed by atoms with Crippen molar-refractivity contribution in [1.82, 2.24) is 15.4 Å². The van der Waals surface area contributed by atoms with Gasteiger partial charge in [-0.3, -0.25) is 14.4 Å². The van der Waals surface area contributed by atoms with E-state index in [1.165, 1.54) is 44.2 Å². The van der Waals surface area contributed by atoms with Crippen LogP contribution in [0.2, 0.25) is 0 Å². The predicted octanol–water partition coefficient (Wildman–Crippen LogP) is 3.14. The lowest BCUT2D eigenvalue weighted by molar-refractivity contribution is -0.141. The average Bonchev–Trinajstić information content (AvgIpc) is 3.05. The number of benzene rings is 3. The highest BCUT2D eigenvalue weighted by molar-refractivity contribution is 7.91. The molecule has 0 saturated carbocycles. The molecule has 0 heterocycles. The molecule has 12 nitrogen and oxygen atoms in total. The number of aliphatic carboxylic acids is 1. The highest BCUT2D eigenvalue weighted by atomic mass is 32.2. The summed E-state index contributed by atoms with van der Waals surface area (Å²) >= 11 is 0. The first-order chi connectivity index (χ1) is 23.0. The third kappa shape index (κ3) is 11.3. The fraction of sp³-hybridized carbons (Fsp3) is 0.343. The van der Waals surface area contributed by atoms with Crippen molar-refractivity contribution in [3.63, 3.8) is 0 Å². The van der Waals surface area contributed by atoms with Crippen molar-refractivity contribution in [1.29, 1.82) is 0 Å². The second-order valence-corrected chi connectivity index (χ2v) is 16.1. The number of primary sulfonamides is 1. The van der Waals surface area contributed by atoms with Gasteiger partial charge in [-0.1, -0.05) is 72.8 Å². The summed E-state index contributed by atoms with van der Waals surface area (Å²) in [4.78, 5) is 38.8. The predicted molar refractivity (Wildman–Crippen MR) is 188 cm³/mol. The zero-order chi connectivity index (χ0) is 36.2. The van der Waals surface area contributed by atoms with Crippen LogP contribution in [0.1, 0.15) is 44.2 Å². The second-order valence-electron chi connectivity index (χ2n) is 12.2. The molecule has 2 atom stereocenters. The summed E-state index contributed by atoms with van der Waals surface area (Å²) < 4.78 is 50.1. The van der Waals surface area contributed by atoms with E-state index in [1.54, 1.807) is 0 Å². The van der Waals surface area contributed by atoms with Gasteiger partial charge in [-0.2, -0.15) is 0 Å². The normalized spacial score (nSPS) is 13.2. The van der Waals surface area contributed by atoms with Crippen molar-refractivity contribution >= 4 is 37.8 Å². The molecule has 0 aliphatic carbocycles. The van der Waals surface area contributed by atoms with Crippen molar-refractivity contribution in [3.8, 4) is 11.1 Å². The Balaban J connectivity index is 1.73. The Bertz CT molecular complexity index is 1810. The monoisotopic (exact) mass is 712 g/mol. The first-order valence-corrected chi connectivity index (χ1v) is 18.7. The molecule has 0 spiro atoms. The smallest absolute Gasteiger partial charge is 0.304 e. The zero-order valence-electron chi connectivity index (χ0n) is 27.6. The lowest BCUT2D eigenvalue weighted by Gasteiger charge is -2.34. The van der Waals surface area contributed by atoms with Crippen molar-refractivity contribution in [2.75, 3.05) is 13.1 Å². The maximum atomic E-state index is 13.6. The highest BCUT2D eigenvalue weighted by Crippen LogP contribution is 2.24. The molecule has 0 fully saturated rings. The molecule has 14 heteroatoms. The van der Waals surface area contributed by atoms with Crippen LogP contribution in [0.3, 0.4) is 0 Å². The van der Waals surface area contributed by atoms with Gasteiger partial charge in [0.15, 0.2) is 0 Å². The quantitative estimate of drug-likeness (QED) is 0.117. The summed E-state index contributed by atoms with van der Waals surface area (Å²) in [6.07, 6.45) is 2.31. The number of carboxylic acids is 1. The first kappa shape index (κ1) is 39.1. The van der Waals surface area contributed by atoms with E-state index in [9.17, 15) is 36.3 Å². The first-order valence-electron chi connectivity index (χ1n) is 15.7. The van der Waals surface area contributed by atoms with Gasteiger partial charge in [-0.25, -0.2) is 26.7 Å². The Hall–Kier alpha value is -4.37. The summed E-state index contributed by atoms with van der Waals surface area (Å²) in [6, 6.07) is 22.0. The molecule has 3 rings (SSSR count). The molecule has 3 aromatic rings. The van der Waals surface area contributed by atoms with Crippen molar-refractivity contribution in [3.05, 3.63) is 103 Å². The topological polar surface area (TPSA) is 202 Å². The number of nitrogens with one attached hydrogen (secondary N) is 3. The molecular formula is C35H44N4O8S2. The summed E-state index contributed by atoms with van der Waals surface area (Å²) in [5, 5.41) is 19.9. The van der Waals surface area contributed by atoms with Gasteiger partial charge in [-0.05, 0) is 73.9 Å². The van der Waals surface area contributed by atoms with Crippen LogP contribution in [0.5, 0.6) is 0 Å². The maximum Gasteiger partial charge on any atom is 0.304 e. The molecule has 0 aromatic heterocycles. The molecule has 0 saturated heterocycles. The molecule has 2 amide bonds. The number of nitrogens with two attached hydrogens (primary N) is 1. The SMILES string of the molecule is C=CCNS(=O)(=O)C(C)(C)C(NC(=O)C(CCCc1ccc(-c2ccccc2)cc1)CC(=O)O)C(=O)NCCc1ccc(S(N)(=O)=O)cc1. The van der Waals surface area contributed by atoms with Crippen LogP contribution >= 0.6 is 0 Å². The van der Waals surface area contributed by atoms with Crippen LogP contribution in [0, 0.1) is 5.92 Å². The van der Waals surface area contributed by atoms with Gasteiger partial charge in [0.1, 0.15) is 10.8 Å². The van der Waals surface area contributed by atoms with E-state index < -0.39 is 61.0 Å². The van der Waals surface area contributed by atoms with E-state index in [2.05, 4.69) is 21.9 Å². The molecule has 0 aliphatic rings. The number of hydrogen-bond acceptors (Lipinski definition) is 7. The minimum absolute atomic E-state index is 0.0256. The molecule has 6 N–H and O–H groups in total. The average molecular weight is 713 g/mol. The number of rotatable bonds is 19. The second kappa shape index (κ2) is 17.3. The van der Waals surface area contributed by atoms with Crippen LogP contribution in [-0.2, 0) is 47.3 Å². The summed E-state index contributed by atoms with van der Waals surface area (Å²) in [5.41, 5.74) is 3.81.